The van der Waals surface area contributed by atoms with E-state index in [-0.39, 0.29) is 5.91 Å². The van der Waals surface area contributed by atoms with Gasteiger partial charge in [0.2, 0.25) is 0 Å². The Morgan fingerprint density at radius 3 is 2.59 bits per heavy atom. The van der Waals surface area contributed by atoms with Crippen molar-refractivity contribution in [1.82, 2.24) is 4.57 Å². The molecule has 0 radical (unpaired) electrons. The molecule has 0 aliphatic carbocycles. The Morgan fingerprint density at radius 1 is 1.14 bits per heavy atom. The maximum atomic E-state index is 12.6. The fourth-order valence-corrected chi connectivity index (χ4v) is 4.19. The van der Waals surface area contributed by atoms with Gasteiger partial charge in [0.05, 0.1) is 16.8 Å². The Bertz CT molecular complexity index is 1080. The number of aromatic nitrogens is 1. The maximum absolute atomic E-state index is 12.6. The largest absolute Gasteiger partial charge is 0.494 e. The summed E-state index contributed by atoms with van der Waals surface area (Å²) >= 11 is 1.45. The van der Waals surface area contributed by atoms with Gasteiger partial charge in [-0.15, -0.1) is 0 Å². The highest BCUT2D eigenvalue weighted by molar-refractivity contribution is 7.16. The standard InChI is InChI=1S/C22H24N2O4S/c1-3-4-5-10-26-16-8-6-15(7-9-16)21(25)23-22-24(2)17-13-18-19(14-20(17)29-22)28-12-11-27-18/h6-9,13-14H,3-5,10-12H2,1-2H3. The average molecular weight is 413 g/mol. The fourth-order valence-electron chi connectivity index (χ4n) is 3.16. The molecule has 0 atom stereocenters. The molecular weight excluding hydrogens is 388 g/mol. The highest BCUT2D eigenvalue weighted by Crippen LogP contribution is 2.35. The molecule has 0 saturated carbocycles. The van der Waals surface area contributed by atoms with Gasteiger partial charge in [-0.1, -0.05) is 31.1 Å². The Morgan fingerprint density at radius 2 is 1.86 bits per heavy atom. The van der Waals surface area contributed by atoms with Gasteiger partial charge in [0.15, 0.2) is 16.3 Å². The molecule has 1 aliphatic rings. The molecule has 1 aromatic heterocycles. The molecule has 1 amide bonds. The third-order valence-corrected chi connectivity index (χ3v) is 5.88. The van der Waals surface area contributed by atoms with Gasteiger partial charge in [-0.3, -0.25) is 4.79 Å². The van der Waals surface area contributed by atoms with Crippen LogP contribution in [0.5, 0.6) is 17.2 Å². The van der Waals surface area contributed by atoms with Gasteiger partial charge in [0, 0.05) is 24.7 Å². The van der Waals surface area contributed by atoms with Crippen molar-refractivity contribution >= 4 is 27.5 Å². The highest BCUT2D eigenvalue weighted by atomic mass is 32.1. The van der Waals surface area contributed by atoms with Crippen LogP contribution in [0.2, 0.25) is 0 Å². The van der Waals surface area contributed by atoms with E-state index in [1.165, 1.54) is 11.3 Å². The van der Waals surface area contributed by atoms with Crippen molar-refractivity contribution in [2.75, 3.05) is 19.8 Å². The summed E-state index contributed by atoms with van der Waals surface area (Å²) in [6.45, 7) is 3.95. The molecule has 1 aliphatic heterocycles. The molecule has 29 heavy (non-hydrogen) atoms. The number of unbranched alkanes of at least 4 members (excludes halogenated alkanes) is 2. The molecule has 0 fully saturated rings. The zero-order chi connectivity index (χ0) is 20.2. The van der Waals surface area contributed by atoms with Crippen LogP contribution in [-0.2, 0) is 7.05 Å². The minimum Gasteiger partial charge on any atom is -0.494 e. The summed E-state index contributed by atoms with van der Waals surface area (Å²) in [7, 11) is 1.90. The van der Waals surface area contributed by atoms with Crippen molar-refractivity contribution in [2.45, 2.75) is 26.2 Å². The van der Waals surface area contributed by atoms with Crippen molar-refractivity contribution in [3.63, 3.8) is 0 Å². The summed E-state index contributed by atoms with van der Waals surface area (Å²) < 4.78 is 19.9. The number of fused-ring (bicyclic) bond motifs is 2. The molecule has 0 saturated heterocycles. The van der Waals surface area contributed by atoms with E-state index in [2.05, 4.69) is 11.9 Å². The molecule has 0 bridgehead atoms. The molecule has 3 aromatic rings. The van der Waals surface area contributed by atoms with Crippen LogP contribution in [0.4, 0.5) is 0 Å². The SMILES string of the molecule is CCCCCOc1ccc(C(=O)N=c2sc3cc4c(cc3n2C)OCCO4)cc1. The lowest BCUT2D eigenvalue weighted by molar-refractivity contribution is 0.0998. The summed E-state index contributed by atoms with van der Waals surface area (Å²) in [6.07, 6.45) is 3.35. The first kappa shape index (κ1) is 19.5. The zero-order valence-electron chi connectivity index (χ0n) is 16.6. The van der Waals surface area contributed by atoms with E-state index in [9.17, 15) is 4.79 Å². The molecule has 0 spiro atoms. The third-order valence-electron chi connectivity index (χ3n) is 4.79. The Kier molecular flexibility index (Phi) is 5.85. The van der Waals surface area contributed by atoms with E-state index < -0.39 is 0 Å². The summed E-state index contributed by atoms with van der Waals surface area (Å²) in [5.74, 6) is 1.96. The van der Waals surface area contributed by atoms with Crippen LogP contribution in [0, 0.1) is 0 Å². The first-order valence-corrected chi connectivity index (χ1v) is 10.7. The summed E-state index contributed by atoms with van der Waals surface area (Å²) in [5, 5.41) is 0. The van der Waals surface area contributed by atoms with E-state index in [1.807, 2.05) is 35.9 Å². The van der Waals surface area contributed by atoms with E-state index in [4.69, 9.17) is 14.2 Å². The molecule has 7 heteroatoms. The Balaban J connectivity index is 1.55. The zero-order valence-corrected chi connectivity index (χ0v) is 17.5. The molecule has 0 unspecified atom stereocenters. The van der Waals surface area contributed by atoms with Crippen molar-refractivity contribution in [3.8, 4) is 17.2 Å². The summed E-state index contributed by atoms with van der Waals surface area (Å²) in [5.41, 5.74) is 1.50. The number of amides is 1. The number of rotatable bonds is 6. The predicted octanol–water partition coefficient (Wildman–Crippen LogP) is 4.32. The minimum absolute atomic E-state index is 0.276. The van der Waals surface area contributed by atoms with Gasteiger partial charge in [-0.2, -0.15) is 4.99 Å². The molecule has 0 N–H and O–H groups in total. The van der Waals surface area contributed by atoms with Crippen LogP contribution in [-0.4, -0.2) is 30.3 Å². The van der Waals surface area contributed by atoms with E-state index in [1.54, 1.807) is 12.1 Å². The highest BCUT2D eigenvalue weighted by Gasteiger charge is 2.15. The number of carbonyl (C=O) groups excluding carboxylic acids is 1. The number of aryl methyl sites for hydroxylation is 1. The second-order valence-corrected chi connectivity index (χ2v) is 7.91. The fraction of sp³-hybridized carbons (Fsp3) is 0.364. The average Bonchev–Trinajstić information content (AvgIpc) is 3.04. The number of benzene rings is 2. The van der Waals surface area contributed by atoms with E-state index >= 15 is 0 Å². The van der Waals surface area contributed by atoms with Gasteiger partial charge >= 0.3 is 0 Å². The van der Waals surface area contributed by atoms with Crippen LogP contribution in [0.25, 0.3) is 10.2 Å². The van der Waals surface area contributed by atoms with Crippen LogP contribution in [0.1, 0.15) is 36.5 Å². The number of thiazole rings is 1. The summed E-state index contributed by atoms with van der Waals surface area (Å²) in [6, 6.07) is 11.0. The monoisotopic (exact) mass is 412 g/mol. The van der Waals surface area contributed by atoms with Gasteiger partial charge in [-0.05, 0) is 30.7 Å². The minimum atomic E-state index is -0.276. The van der Waals surface area contributed by atoms with Crippen LogP contribution < -0.4 is 19.0 Å². The van der Waals surface area contributed by atoms with Gasteiger partial charge in [-0.25, -0.2) is 0 Å². The van der Waals surface area contributed by atoms with Crippen molar-refractivity contribution < 1.29 is 19.0 Å². The molecule has 4 rings (SSSR count). The van der Waals surface area contributed by atoms with Gasteiger partial charge < -0.3 is 18.8 Å². The third kappa shape index (κ3) is 4.29. The predicted molar refractivity (Wildman–Crippen MR) is 113 cm³/mol. The van der Waals surface area contributed by atoms with E-state index in [0.29, 0.717) is 30.2 Å². The molecule has 2 aromatic carbocycles. The van der Waals surface area contributed by atoms with Crippen LogP contribution >= 0.6 is 11.3 Å². The number of carbonyl (C=O) groups is 1. The number of hydrogen-bond acceptors (Lipinski definition) is 5. The Hall–Kier alpha value is -2.80. The van der Waals surface area contributed by atoms with Crippen LogP contribution in [0.3, 0.4) is 0 Å². The lowest BCUT2D eigenvalue weighted by atomic mass is 10.2. The quantitative estimate of drug-likeness (QED) is 0.566. The maximum Gasteiger partial charge on any atom is 0.279 e. The Labute approximate surface area is 173 Å². The lowest BCUT2D eigenvalue weighted by Gasteiger charge is -2.18. The molecule has 152 valence electrons. The van der Waals surface area contributed by atoms with Crippen molar-refractivity contribution in [1.29, 1.82) is 0 Å². The van der Waals surface area contributed by atoms with Crippen molar-refractivity contribution in [2.24, 2.45) is 12.0 Å². The second kappa shape index (κ2) is 8.69. The number of hydrogen-bond donors (Lipinski definition) is 0. The van der Waals surface area contributed by atoms with Gasteiger partial charge in [0.1, 0.15) is 19.0 Å². The van der Waals surface area contributed by atoms with Crippen molar-refractivity contribution in [3.05, 3.63) is 46.8 Å². The van der Waals surface area contributed by atoms with Gasteiger partial charge in [0.25, 0.3) is 5.91 Å². The molecular formula is C22H24N2O4S. The normalized spacial score (nSPS) is 13.7. The summed E-state index contributed by atoms with van der Waals surface area (Å²) in [4.78, 5) is 17.6. The molecule has 6 nitrogen and oxygen atoms in total. The van der Waals surface area contributed by atoms with Crippen LogP contribution in [0.15, 0.2) is 41.4 Å². The number of nitrogens with zero attached hydrogens (tertiary/aromatic N) is 2. The second-order valence-electron chi connectivity index (χ2n) is 6.90. The lowest BCUT2D eigenvalue weighted by Crippen LogP contribution is -2.15. The first-order valence-electron chi connectivity index (χ1n) is 9.87. The van der Waals surface area contributed by atoms with E-state index in [0.717, 1.165) is 46.7 Å². The molecule has 2 heterocycles. The smallest absolute Gasteiger partial charge is 0.279 e. The first-order chi connectivity index (χ1) is 14.2. The topological polar surface area (TPSA) is 62.0 Å². The number of ether oxygens (including phenoxy) is 3.